The number of ether oxygens (including phenoxy) is 1. The molecule has 0 aromatic rings. The van der Waals surface area contributed by atoms with Crippen molar-refractivity contribution in [2.24, 2.45) is 0 Å². The van der Waals surface area contributed by atoms with E-state index >= 15 is 0 Å². The molecule has 0 bridgehead atoms. The smallest absolute Gasteiger partial charge is 0.0985 e. The summed E-state index contributed by atoms with van der Waals surface area (Å²) in [7, 11) is 3.17. The Bertz CT molecular complexity index is 98.8. The first-order valence-electron chi connectivity index (χ1n) is 4.14. The van der Waals surface area contributed by atoms with Crippen LogP contribution in [0.25, 0.3) is 0 Å². The highest BCUT2D eigenvalue weighted by Crippen LogP contribution is 2.07. The van der Waals surface area contributed by atoms with E-state index in [1.54, 1.807) is 0 Å². The summed E-state index contributed by atoms with van der Waals surface area (Å²) in [6.07, 6.45) is 0. The molecule has 0 N–H and O–H groups in total. The fourth-order valence-electron chi connectivity index (χ4n) is 0.625. The second-order valence-corrected chi connectivity index (χ2v) is 10.0. The molecule has 0 spiro atoms. The van der Waals surface area contributed by atoms with Gasteiger partial charge in [-0.1, -0.05) is 19.6 Å². The van der Waals surface area contributed by atoms with Gasteiger partial charge in [0.2, 0.25) is 0 Å². The predicted octanol–water partition coefficient (Wildman–Crippen LogP) is 1.86. The van der Waals surface area contributed by atoms with Crippen LogP contribution in [0, 0.1) is 0 Å². The molecule has 0 aromatic carbocycles. The summed E-state index contributed by atoms with van der Waals surface area (Å²) >= 11 is 0. The fourth-order valence-corrected chi connectivity index (χ4v) is 1.38. The van der Waals surface area contributed by atoms with Crippen molar-refractivity contribution < 1.29 is 4.74 Å². The third-order valence-corrected chi connectivity index (χ3v) is 3.05. The summed E-state index contributed by atoms with van der Waals surface area (Å²) in [4.78, 5) is 2.05. The van der Waals surface area contributed by atoms with Crippen LogP contribution in [0.2, 0.25) is 25.7 Å². The number of nitrogens with zero attached hydrogens (tertiary/aromatic N) is 1. The van der Waals surface area contributed by atoms with Gasteiger partial charge < -0.3 is 4.74 Å². The topological polar surface area (TPSA) is 12.5 Å². The molecule has 0 fully saturated rings. The maximum absolute atomic E-state index is 5.43. The van der Waals surface area contributed by atoms with Gasteiger partial charge in [-0.05, 0) is 20.1 Å². The SMILES string of the molecule is CN(C)COCC[Si](C)(C)C. The molecule has 0 amide bonds. The first kappa shape index (κ1) is 11.1. The first-order chi connectivity index (χ1) is 4.92. The lowest BCUT2D eigenvalue weighted by Crippen LogP contribution is -2.24. The van der Waals surface area contributed by atoms with Gasteiger partial charge in [0.1, 0.15) is 0 Å². The van der Waals surface area contributed by atoms with Gasteiger partial charge in [-0.25, -0.2) is 0 Å². The van der Waals surface area contributed by atoms with Crippen LogP contribution in [-0.2, 0) is 4.74 Å². The minimum Gasteiger partial charge on any atom is -0.366 e. The zero-order chi connectivity index (χ0) is 8.91. The zero-order valence-corrected chi connectivity index (χ0v) is 9.48. The summed E-state index contributed by atoms with van der Waals surface area (Å²) in [5.41, 5.74) is 0. The van der Waals surface area contributed by atoms with Crippen molar-refractivity contribution in [3.05, 3.63) is 0 Å². The van der Waals surface area contributed by atoms with Crippen molar-refractivity contribution in [1.82, 2.24) is 4.90 Å². The Labute approximate surface area is 71.5 Å². The molecule has 0 aromatic heterocycles. The average Bonchev–Trinajstić information content (AvgIpc) is 1.78. The lowest BCUT2D eigenvalue weighted by Gasteiger charge is -2.16. The van der Waals surface area contributed by atoms with E-state index in [4.69, 9.17) is 4.74 Å². The Morgan fingerprint density at radius 1 is 1.18 bits per heavy atom. The molecule has 0 saturated carbocycles. The predicted molar refractivity (Wildman–Crippen MR) is 52.7 cm³/mol. The van der Waals surface area contributed by atoms with Gasteiger partial charge >= 0.3 is 0 Å². The molecule has 0 radical (unpaired) electrons. The molecule has 0 aliphatic heterocycles. The maximum Gasteiger partial charge on any atom is 0.0985 e. The van der Waals surface area contributed by atoms with Crippen LogP contribution >= 0.6 is 0 Å². The fraction of sp³-hybridized carbons (Fsp3) is 1.00. The molecule has 68 valence electrons. The summed E-state index contributed by atoms with van der Waals surface area (Å²) in [5.74, 6) is 0. The molecule has 3 heteroatoms. The highest BCUT2D eigenvalue weighted by Gasteiger charge is 2.11. The van der Waals surface area contributed by atoms with Crippen molar-refractivity contribution in [3.63, 3.8) is 0 Å². The van der Waals surface area contributed by atoms with Crippen LogP contribution in [0.3, 0.4) is 0 Å². The third-order valence-electron chi connectivity index (χ3n) is 1.35. The Hall–Kier alpha value is 0.137. The van der Waals surface area contributed by atoms with Crippen molar-refractivity contribution in [1.29, 1.82) is 0 Å². The molecule has 0 aliphatic rings. The minimum absolute atomic E-state index is 0.754. The van der Waals surface area contributed by atoms with Gasteiger partial charge in [0, 0.05) is 14.7 Å². The molecule has 0 saturated heterocycles. The van der Waals surface area contributed by atoms with Gasteiger partial charge in [0.15, 0.2) is 0 Å². The molecular weight excluding hydrogens is 154 g/mol. The molecule has 2 nitrogen and oxygen atoms in total. The van der Waals surface area contributed by atoms with Crippen LogP contribution in [0.4, 0.5) is 0 Å². The Kier molecular flexibility index (Phi) is 4.96. The van der Waals surface area contributed by atoms with Crippen LogP contribution in [0.15, 0.2) is 0 Å². The van der Waals surface area contributed by atoms with E-state index in [0.29, 0.717) is 0 Å². The maximum atomic E-state index is 5.43. The molecule has 0 aliphatic carbocycles. The molecule has 11 heavy (non-hydrogen) atoms. The van der Waals surface area contributed by atoms with Gasteiger partial charge in [0.25, 0.3) is 0 Å². The lowest BCUT2D eigenvalue weighted by atomic mass is 10.8. The second-order valence-electron chi connectivity index (χ2n) is 4.43. The van der Waals surface area contributed by atoms with Crippen molar-refractivity contribution in [2.75, 3.05) is 27.4 Å². The molecule has 0 atom stereocenters. The number of hydrogen-bond acceptors (Lipinski definition) is 2. The van der Waals surface area contributed by atoms with E-state index in [1.165, 1.54) is 6.04 Å². The van der Waals surface area contributed by atoms with Gasteiger partial charge in [-0.3, -0.25) is 4.90 Å². The highest BCUT2D eigenvalue weighted by atomic mass is 28.3. The van der Waals surface area contributed by atoms with Gasteiger partial charge in [-0.2, -0.15) is 0 Å². The Morgan fingerprint density at radius 3 is 2.09 bits per heavy atom. The zero-order valence-electron chi connectivity index (χ0n) is 8.48. The molecular formula is C8H21NOSi. The minimum atomic E-state index is -0.873. The summed E-state index contributed by atoms with van der Waals surface area (Å²) < 4.78 is 5.43. The van der Waals surface area contributed by atoms with Crippen molar-refractivity contribution in [2.45, 2.75) is 25.7 Å². The Morgan fingerprint density at radius 2 is 1.73 bits per heavy atom. The van der Waals surface area contributed by atoms with E-state index in [2.05, 4.69) is 19.6 Å². The van der Waals surface area contributed by atoms with E-state index in [-0.39, 0.29) is 0 Å². The van der Waals surface area contributed by atoms with Gasteiger partial charge in [-0.15, -0.1) is 0 Å². The normalized spacial score (nSPS) is 12.5. The average molecular weight is 175 g/mol. The van der Waals surface area contributed by atoms with E-state index < -0.39 is 8.07 Å². The van der Waals surface area contributed by atoms with Crippen molar-refractivity contribution in [3.8, 4) is 0 Å². The quantitative estimate of drug-likeness (QED) is 0.359. The number of rotatable bonds is 5. The monoisotopic (exact) mass is 175 g/mol. The highest BCUT2D eigenvalue weighted by molar-refractivity contribution is 6.76. The lowest BCUT2D eigenvalue weighted by molar-refractivity contribution is 0.0645. The Balaban J connectivity index is 3.15. The van der Waals surface area contributed by atoms with E-state index in [9.17, 15) is 0 Å². The second kappa shape index (κ2) is 4.90. The molecule has 0 rings (SSSR count). The molecule has 0 unspecified atom stereocenters. The summed E-state index contributed by atoms with van der Waals surface area (Å²) in [6.45, 7) is 8.78. The standard InChI is InChI=1S/C8H21NOSi/c1-9(2)8-10-6-7-11(3,4)5/h6-8H2,1-5H3. The van der Waals surface area contributed by atoms with Crippen LogP contribution in [0.5, 0.6) is 0 Å². The van der Waals surface area contributed by atoms with Crippen LogP contribution in [-0.4, -0.2) is 40.4 Å². The third kappa shape index (κ3) is 10.1. The van der Waals surface area contributed by atoms with E-state index in [0.717, 1.165) is 13.3 Å². The number of hydrogen-bond donors (Lipinski definition) is 0. The van der Waals surface area contributed by atoms with E-state index in [1.807, 2.05) is 19.0 Å². The molecule has 0 heterocycles. The summed E-state index contributed by atoms with van der Waals surface area (Å²) in [5, 5.41) is 0. The van der Waals surface area contributed by atoms with Gasteiger partial charge in [0.05, 0.1) is 6.73 Å². The van der Waals surface area contributed by atoms with Crippen LogP contribution in [0.1, 0.15) is 0 Å². The van der Waals surface area contributed by atoms with Crippen molar-refractivity contribution >= 4 is 8.07 Å². The summed E-state index contributed by atoms with van der Waals surface area (Å²) in [6, 6.07) is 1.26. The van der Waals surface area contributed by atoms with Crippen LogP contribution < -0.4 is 0 Å². The first-order valence-corrected chi connectivity index (χ1v) is 7.85. The largest absolute Gasteiger partial charge is 0.366 e.